The van der Waals surface area contributed by atoms with E-state index in [1.165, 1.54) is 6.07 Å². The highest BCUT2D eigenvalue weighted by Gasteiger charge is 2.34. The number of carbonyl (C=O) groups is 1. The maximum absolute atomic E-state index is 12.7. The number of hydrogen-bond donors (Lipinski definition) is 0. The van der Waals surface area contributed by atoms with Gasteiger partial charge in [0.15, 0.2) is 5.78 Å². The third kappa shape index (κ3) is 3.77. The Bertz CT molecular complexity index is 528. The number of hydrogen-bond acceptors (Lipinski definition) is 3. The second-order valence-electron chi connectivity index (χ2n) is 5.00. The Hall–Kier alpha value is -0.620. The third-order valence-corrected chi connectivity index (χ3v) is 6.78. The van der Waals surface area contributed by atoms with Gasteiger partial charge in [-0.2, -0.15) is 24.9 Å². The van der Waals surface area contributed by atoms with Crippen molar-refractivity contribution in [2.24, 2.45) is 0 Å². The number of rotatable bonds is 3. The van der Waals surface area contributed by atoms with Gasteiger partial charge in [-0.3, -0.25) is 4.79 Å². The van der Waals surface area contributed by atoms with Crippen LogP contribution in [0.1, 0.15) is 34.8 Å². The smallest absolute Gasteiger partial charge is 0.293 e. The lowest BCUT2D eigenvalue weighted by Gasteiger charge is -2.29. The largest absolute Gasteiger partial charge is 0.416 e. The normalized spacial score (nSPS) is 23.1. The van der Waals surface area contributed by atoms with Crippen LogP contribution in [0.3, 0.4) is 0 Å². The summed E-state index contributed by atoms with van der Waals surface area (Å²) in [6.07, 6.45) is -3.47. The zero-order valence-electron chi connectivity index (χ0n) is 11.9. The van der Waals surface area contributed by atoms with Crippen molar-refractivity contribution < 1.29 is 18.0 Å². The molecule has 0 radical (unpaired) electrons. The molecule has 0 bridgehead atoms. The molecule has 1 aliphatic rings. The first-order valence-electron chi connectivity index (χ1n) is 6.80. The lowest BCUT2D eigenvalue weighted by Crippen LogP contribution is -2.33. The van der Waals surface area contributed by atoms with Crippen molar-refractivity contribution in [1.82, 2.24) is 0 Å². The van der Waals surface area contributed by atoms with Gasteiger partial charge in [0.05, 0.1) is 10.8 Å². The topological polar surface area (TPSA) is 17.1 Å². The van der Waals surface area contributed by atoms with Gasteiger partial charge in [0.1, 0.15) is 0 Å². The molecule has 1 saturated heterocycles. The molecule has 116 valence electrons. The maximum atomic E-state index is 12.7. The Balaban J connectivity index is 2.27. The fraction of sp³-hybridized carbons (Fsp3) is 0.533. The Labute approximate surface area is 131 Å². The standard InChI is InChI=1S/C15H17F3OS2/c1-3-12-14(21-7-6-20-12)13(19)11-5-4-10(8-9(11)2)15(16,17)18/h4-5,8,12,14H,3,6-7H2,1-2H3. The van der Waals surface area contributed by atoms with Crippen molar-refractivity contribution in [1.29, 1.82) is 0 Å². The number of Topliss-reactive ketones (excluding diaryl/α,β-unsaturated/α-hetero) is 1. The van der Waals surface area contributed by atoms with Crippen molar-refractivity contribution in [3.05, 3.63) is 34.9 Å². The second kappa shape index (κ2) is 6.65. The van der Waals surface area contributed by atoms with Crippen LogP contribution in [0, 0.1) is 6.92 Å². The quantitative estimate of drug-likeness (QED) is 0.738. The second-order valence-corrected chi connectivity index (χ2v) is 7.60. The summed E-state index contributed by atoms with van der Waals surface area (Å²) in [6.45, 7) is 3.62. The number of aryl methyl sites for hydroxylation is 1. The Morgan fingerprint density at radius 3 is 2.52 bits per heavy atom. The van der Waals surface area contributed by atoms with Gasteiger partial charge in [0.2, 0.25) is 0 Å². The van der Waals surface area contributed by atoms with Crippen molar-refractivity contribution in [2.75, 3.05) is 11.5 Å². The van der Waals surface area contributed by atoms with Crippen molar-refractivity contribution in [3.63, 3.8) is 0 Å². The molecule has 21 heavy (non-hydrogen) atoms. The van der Waals surface area contributed by atoms with E-state index in [0.717, 1.165) is 30.1 Å². The highest BCUT2D eigenvalue weighted by Crippen LogP contribution is 2.36. The first-order valence-corrected chi connectivity index (χ1v) is 8.89. The van der Waals surface area contributed by atoms with E-state index in [0.29, 0.717) is 11.1 Å². The van der Waals surface area contributed by atoms with E-state index >= 15 is 0 Å². The molecule has 2 unspecified atom stereocenters. The summed E-state index contributed by atoms with van der Waals surface area (Å²) in [5.41, 5.74) is 0.122. The van der Waals surface area contributed by atoms with Gasteiger partial charge in [-0.25, -0.2) is 0 Å². The molecule has 0 N–H and O–H groups in total. The Kier molecular flexibility index (Phi) is 5.30. The predicted molar refractivity (Wildman–Crippen MR) is 83.3 cm³/mol. The minimum Gasteiger partial charge on any atom is -0.293 e. The average Bonchev–Trinajstić information content (AvgIpc) is 2.45. The molecule has 1 nitrogen and oxygen atoms in total. The molecule has 6 heteroatoms. The van der Waals surface area contributed by atoms with Crippen LogP contribution in [0.5, 0.6) is 0 Å². The summed E-state index contributed by atoms with van der Waals surface area (Å²) in [4.78, 5) is 12.6. The lowest BCUT2D eigenvalue weighted by molar-refractivity contribution is -0.137. The summed E-state index contributed by atoms with van der Waals surface area (Å²) >= 11 is 3.41. The zero-order valence-corrected chi connectivity index (χ0v) is 13.5. The van der Waals surface area contributed by atoms with Crippen LogP contribution in [0.4, 0.5) is 13.2 Å². The van der Waals surface area contributed by atoms with Gasteiger partial charge in [-0.15, -0.1) is 11.8 Å². The van der Waals surface area contributed by atoms with Gasteiger partial charge < -0.3 is 0 Å². The lowest BCUT2D eigenvalue weighted by atomic mass is 9.98. The van der Waals surface area contributed by atoms with Crippen LogP contribution < -0.4 is 0 Å². The van der Waals surface area contributed by atoms with E-state index in [1.807, 2.05) is 6.92 Å². The molecule has 0 aliphatic carbocycles. The van der Waals surface area contributed by atoms with Crippen LogP contribution in [-0.2, 0) is 6.18 Å². The molecule has 2 rings (SSSR count). The molecular weight excluding hydrogens is 317 g/mol. The average molecular weight is 334 g/mol. The summed E-state index contributed by atoms with van der Waals surface area (Å²) < 4.78 is 38.0. The molecule has 1 fully saturated rings. The number of halogens is 3. The van der Waals surface area contributed by atoms with Crippen LogP contribution in [-0.4, -0.2) is 27.8 Å². The first-order chi connectivity index (χ1) is 9.84. The molecule has 1 aliphatic heterocycles. The fourth-order valence-electron chi connectivity index (χ4n) is 2.42. The minimum absolute atomic E-state index is 0.0368. The molecule has 0 saturated carbocycles. The number of benzene rings is 1. The monoisotopic (exact) mass is 334 g/mol. The molecule has 1 heterocycles. The summed E-state index contributed by atoms with van der Waals surface area (Å²) in [7, 11) is 0. The van der Waals surface area contributed by atoms with Crippen LogP contribution >= 0.6 is 23.5 Å². The van der Waals surface area contributed by atoms with Gasteiger partial charge in [-0.1, -0.05) is 13.0 Å². The van der Waals surface area contributed by atoms with E-state index in [4.69, 9.17) is 0 Å². The Morgan fingerprint density at radius 1 is 1.29 bits per heavy atom. The van der Waals surface area contributed by atoms with E-state index in [9.17, 15) is 18.0 Å². The molecule has 2 atom stereocenters. The van der Waals surface area contributed by atoms with E-state index in [-0.39, 0.29) is 16.3 Å². The van der Waals surface area contributed by atoms with E-state index in [2.05, 4.69) is 0 Å². The zero-order chi connectivity index (χ0) is 15.6. The summed E-state index contributed by atoms with van der Waals surface area (Å²) in [6, 6.07) is 3.39. The molecule has 0 spiro atoms. The minimum atomic E-state index is -4.37. The first kappa shape index (κ1) is 16.7. The summed E-state index contributed by atoms with van der Waals surface area (Å²) in [5, 5.41) is 0.0992. The van der Waals surface area contributed by atoms with Gasteiger partial charge >= 0.3 is 6.18 Å². The summed E-state index contributed by atoms with van der Waals surface area (Å²) in [5.74, 6) is 1.90. The Morgan fingerprint density at radius 2 is 1.95 bits per heavy atom. The van der Waals surface area contributed by atoms with Crippen molar-refractivity contribution in [3.8, 4) is 0 Å². The maximum Gasteiger partial charge on any atom is 0.416 e. The van der Waals surface area contributed by atoms with Crippen molar-refractivity contribution >= 4 is 29.3 Å². The van der Waals surface area contributed by atoms with Gasteiger partial charge in [0.25, 0.3) is 0 Å². The van der Waals surface area contributed by atoms with Crippen LogP contribution in [0.2, 0.25) is 0 Å². The molecule has 1 aromatic carbocycles. The number of carbonyl (C=O) groups excluding carboxylic acids is 1. The van der Waals surface area contributed by atoms with E-state index in [1.54, 1.807) is 30.4 Å². The fourth-order valence-corrected chi connectivity index (χ4v) is 5.43. The molecular formula is C15H17F3OS2. The third-order valence-electron chi connectivity index (χ3n) is 3.53. The van der Waals surface area contributed by atoms with E-state index < -0.39 is 11.7 Å². The number of alkyl halides is 3. The number of thioether (sulfide) groups is 2. The highest BCUT2D eigenvalue weighted by molar-refractivity contribution is 8.07. The van der Waals surface area contributed by atoms with Gasteiger partial charge in [-0.05, 0) is 31.0 Å². The van der Waals surface area contributed by atoms with Gasteiger partial charge in [0, 0.05) is 22.3 Å². The predicted octanol–water partition coefficient (Wildman–Crippen LogP) is 4.82. The molecule has 0 aromatic heterocycles. The van der Waals surface area contributed by atoms with Crippen molar-refractivity contribution in [2.45, 2.75) is 36.9 Å². The molecule has 0 amide bonds. The van der Waals surface area contributed by atoms with Crippen LogP contribution in [0.25, 0.3) is 0 Å². The highest BCUT2D eigenvalue weighted by atomic mass is 32.2. The molecule has 1 aromatic rings. The SMILES string of the molecule is CCC1SCCSC1C(=O)c1ccc(C(F)(F)F)cc1C. The number of ketones is 1. The van der Waals surface area contributed by atoms with Crippen LogP contribution in [0.15, 0.2) is 18.2 Å².